The normalized spacial score (nSPS) is 27.3. The van der Waals surface area contributed by atoms with E-state index in [1.54, 1.807) is 18.2 Å². The lowest BCUT2D eigenvalue weighted by atomic mass is 9.95. The molecule has 7 heteroatoms. The van der Waals surface area contributed by atoms with E-state index in [1.165, 1.54) is 12.7 Å². The Labute approximate surface area is 157 Å². The first-order chi connectivity index (χ1) is 13.2. The van der Waals surface area contributed by atoms with E-state index >= 15 is 0 Å². The maximum atomic E-state index is 12.9. The van der Waals surface area contributed by atoms with Crippen molar-refractivity contribution in [3.05, 3.63) is 35.6 Å². The summed E-state index contributed by atoms with van der Waals surface area (Å²) in [4.78, 5) is 27.4. The lowest BCUT2D eigenvalue weighted by Crippen LogP contribution is -2.46. The molecule has 142 valence electrons. The Morgan fingerprint density at radius 1 is 1.19 bits per heavy atom. The van der Waals surface area contributed by atoms with E-state index in [-0.39, 0.29) is 17.9 Å². The van der Waals surface area contributed by atoms with Gasteiger partial charge in [-0.1, -0.05) is 0 Å². The molecule has 3 fully saturated rings. The third-order valence-corrected chi connectivity index (χ3v) is 6.09. The zero-order valence-corrected chi connectivity index (χ0v) is 15.2. The Kier molecular flexibility index (Phi) is 4.13. The van der Waals surface area contributed by atoms with Crippen molar-refractivity contribution in [1.29, 1.82) is 0 Å². The Hall–Kier alpha value is -2.38. The summed E-state index contributed by atoms with van der Waals surface area (Å²) < 4.78 is 5.56. The molecular weight excluding hydrogens is 344 g/mol. The Balaban J connectivity index is 1.37. The highest BCUT2D eigenvalue weighted by Crippen LogP contribution is 2.29. The number of amides is 2. The van der Waals surface area contributed by atoms with Gasteiger partial charge in [0, 0.05) is 55.3 Å². The summed E-state index contributed by atoms with van der Waals surface area (Å²) in [6.45, 7) is 2.96. The van der Waals surface area contributed by atoms with Crippen molar-refractivity contribution in [3.63, 3.8) is 0 Å². The van der Waals surface area contributed by atoms with Crippen molar-refractivity contribution in [2.75, 3.05) is 26.2 Å². The topological polar surface area (TPSA) is 86.6 Å². The van der Waals surface area contributed by atoms with Crippen LogP contribution >= 0.6 is 0 Å². The van der Waals surface area contributed by atoms with Gasteiger partial charge in [0.1, 0.15) is 11.8 Å². The third-order valence-electron chi connectivity index (χ3n) is 6.09. The summed E-state index contributed by atoms with van der Waals surface area (Å²) in [6, 6.07) is 6.45. The molecule has 0 radical (unpaired) electrons. The number of benzene rings is 1. The number of furan rings is 1. The summed E-state index contributed by atoms with van der Waals surface area (Å²) in [5.74, 6) is -0.122. The van der Waals surface area contributed by atoms with Crippen molar-refractivity contribution in [2.24, 2.45) is 0 Å². The van der Waals surface area contributed by atoms with Gasteiger partial charge in [-0.25, -0.2) is 0 Å². The van der Waals surface area contributed by atoms with E-state index in [0.29, 0.717) is 47.3 Å². The SMILES string of the molecule is O=C(N[C@@H]1C[C@H]2CC[C@@H]1N2)c1ccc2occ(C(=O)N3CCNCC3)c2c1. The average molecular weight is 368 g/mol. The van der Waals surface area contributed by atoms with Gasteiger partial charge in [0.2, 0.25) is 0 Å². The number of hydrogen-bond donors (Lipinski definition) is 3. The number of fused-ring (bicyclic) bond motifs is 3. The molecule has 0 unspecified atom stereocenters. The molecular formula is C20H24N4O3. The van der Waals surface area contributed by atoms with E-state index in [0.717, 1.165) is 25.9 Å². The molecule has 4 heterocycles. The highest BCUT2D eigenvalue weighted by atomic mass is 16.3. The maximum absolute atomic E-state index is 12.9. The summed E-state index contributed by atoms with van der Waals surface area (Å²) in [7, 11) is 0. The van der Waals surface area contributed by atoms with Crippen molar-refractivity contribution < 1.29 is 14.0 Å². The standard InChI is InChI=1S/C20H24N4O3/c25-19(23-17-10-13-2-3-16(17)22-13)12-1-4-18-14(9-12)15(11-27-18)20(26)24-7-5-21-6-8-24/h1,4,9,11,13,16-17,21-22H,2-3,5-8,10H2,(H,23,25)/t13-,16+,17-/m1/s1. The van der Waals surface area contributed by atoms with Gasteiger partial charge in [0.25, 0.3) is 11.8 Å². The van der Waals surface area contributed by atoms with Crippen LogP contribution in [-0.2, 0) is 0 Å². The van der Waals surface area contributed by atoms with Crippen molar-refractivity contribution in [1.82, 2.24) is 20.9 Å². The lowest BCUT2D eigenvalue weighted by Gasteiger charge is -2.27. The van der Waals surface area contributed by atoms with Crippen molar-refractivity contribution in [2.45, 2.75) is 37.4 Å². The first-order valence-corrected chi connectivity index (χ1v) is 9.77. The fourth-order valence-electron chi connectivity index (χ4n) is 4.61. The van der Waals surface area contributed by atoms with Gasteiger partial charge in [0.15, 0.2) is 0 Å². The predicted octanol–water partition coefficient (Wildman–Crippen LogP) is 1.10. The van der Waals surface area contributed by atoms with Crippen LogP contribution in [-0.4, -0.2) is 61.0 Å². The van der Waals surface area contributed by atoms with Crippen LogP contribution in [0.3, 0.4) is 0 Å². The zero-order chi connectivity index (χ0) is 18.4. The van der Waals surface area contributed by atoms with Crippen molar-refractivity contribution >= 4 is 22.8 Å². The Morgan fingerprint density at radius 3 is 2.78 bits per heavy atom. The second-order valence-corrected chi connectivity index (χ2v) is 7.77. The Morgan fingerprint density at radius 2 is 2.04 bits per heavy atom. The van der Waals surface area contributed by atoms with Crippen LogP contribution < -0.4 is 16.0 Å². The molecule has 3 aliphatic rings. The van der Waals surface area contributed by atoms with E-state index in [2.05, 4.69) is 16.0 Å². The number of carbonyl (C=O) groups is 2. The minimum atomic E-state index is -0.0852. The molecule has 0 spiro atoms. The van der Waals surface area contributed by atoms with Gasteiger partial charge < -0.3 is 25.3 Å². The fraction of sp³-hybridized carbons (Fsp3) is 0.500. The molecule has 2 aromatic rings. The number of nitrogens with zero attached hydrogens (tertiary/aromatic N) is 1. The van der Waals surface area contributed by atoms with Crippen molar-refractivity contribution in [3.8, 4) is 0 Å². The Bertz CT molecular complexity index is 886. The van der Waals surface area contributed by atoms with Crippen LogP contribution in [0.5, 0.6) is 0 Å². The largest absolute Gasteiger partial charge is 0.463 e. The third kappa shape index (κ3) is 3.00. The van der Waals surface area contributed by atoms with Crippen LogP contribution in [0.2, 0.25) is 0 Å². The van der Waals surface area contributed by atoms with E-state index in [9.17, 15) is 9.59 Å². The lowest BCUT2D eigenvalue weighted by molar-refractivity contribution is 0.0736. The second-order valence-electron chi connectivity index (χ2n) is 7.77. The highest BCUT2D eigenvalue weighted by molar-refractivity contribution is 6.08. The average Bonchev–Trinajstić information content (AvgIpc) is 3.43. The van der Waals surface area contributed by atoms with Crippen LogP contribution in [0, 0.1) is 0 Å². The number of nitrogens with one attached hydrogen (secondary N) is 3. The second kappa shape index (κ2) is 6.65. The summed E-state index contributed by atoms with van der Waals surface area (Å²) in [5.41, 5.74) is 1.73. The van der Waals surface area contributed by atoms with E-state index < -0.39 is 0 Å². The number of carbonyl (C=O) groups excluding carboxylic acids is 2. The van der Waals surface area contributed by atoms with Gasteiger partial charge in [-0.2, -0.15) is 0 Å². The minimum absolute atomic E-state index is 0.0369. The monoisotopic (exact) mass is 368 g/mol. The summed E-state index contributed by atoms with van der Waals surface area (Å²) in [6.07, 6.45) is 4.84. The van der Waals surface area contributed by atoms with Gasteiger partial charge >= 0.3 is 0 Å². The molecule has 3 aliphatic heterocycles. The first kappa shape index (κ1) is 16.8. The maximum Gasteiger partial charge on any atom is 0.257 e. The van der Waals surface area contributed by atoms with Gasteiger partial charge in [-0.05, 0) is 37.5 Å². The molecule has 1 aromatic heterocycles. The van der Waals surface area contributed by atoms with Crippen LogP contribution in [0.25, 0.3) is 11.0 Å². The molecule has 1 aromatic carbocycles. The van der Waals surface area contributed by atoms with Gasteiger partial charge in [-0.15, -0.1) is 0 Å². The minimum Gasteiger partial charge on any atom is -0.463 e. The molecule has 3 saturated heterocycles. The summed E-state index contributed by atoms with van der Waals surface area (Å²) in [5, 5.41) is 10.6. The molecule has 5 rings (SSSR count). The van der Waals surface area contributed by atoms with Crippen LogP contribution in [0.15, 0.2) is 28.9 Å². The quantitative estimate of drug-likeness (QED) is 0.755. The van der Waals surface area contributed by atoms with Crippen LogP contribution in [0.4, 0.5) is 0 Å². The highest BCUT2D eigenvalue weighted by Gasteiger charge is 2.39. The molecule has 2 bridgehead atoms. The zero-order valence-electron chi connectivity index (χ0n) is 15.2. The number of piperazine rings is 1. The smallest absolute Gasteiger partial charge is 0.257 e. The van der Waals surface area contributed by atoms with E-state index in [1.807, 2.05) is 4.90 Å². The van der Waals surface area contributed by atoms with Crippen LogP contribution in [0.1, 0.15) is 40.0 Å². The number of rotatable bonds is 3. The molecule has 0 aliphatic carbocycles. The molecule has 27 heavy (non-hydrogen) atoms. The molecule has 3 atom stereocenters. The first-order valence-electron chi connectivity index (χ1n) is 9.77. The number of hydrogen-bond acceptors (Lipinski definition) is 5. The summed E-state index contributed by atoms with van der Waals surface area (Å²) >= 11 is 0. The molecule has 3 N–H and O–H groups in total. The molecule has 0 saturated carbocycles. The van der Waals surface area contributed by atoms with Gasteiger partial charge in [0.05, 0.1) is 5.56 Å². The molecule has 2 amide bonds. The van der Waals surface area contributed by atoms with E-state index in [4.69, 9.17) is 4.42 Å². The van der Waals surface area contributed by atoms with Gasteiger partial charge in [-0.3, -0.25) is 9.59 Å². The predicted molar refractivity (Wildman–Crippen MR) is 101 cm³/mol. The molecule has 7 nitrogen and oxygen atoms in total. The fourth-order valence-corrected chi connectivity index (χ4v) is 4.61.